The van der Waals surface area contributed by atoms with Crippen molar-refractivity contribution in [3.05, 3.63) is 48.0 Å². The first-order valence-corrected chi connectivity index (χ1v) is 8.14. The van der Waals surface area contributed by atoms with Crippen molar-refractivity contribution in [3.63, 3.8) is 0 Å². The zero-order valence-electron chi connectivity index (χ0n) is 12.1. The maximum absolute atomic E-state index is 12.6. The molecule has 0 aliphatic heterocycles. The average Bonchev–Trinajstić information content (AvgIpc) is 2.95. The van der Waals surface area contributed by atoms with E-state index in [0.29, 0.717) is 25.4 Å². The summed E-state index contributed by atoms with van der Waals surface area (Å²) in [5.74, 6) is 0.594. The van der Waals surface area contributed by atoms with E-state index in [-0.39, 0.29) is 5.09 Å². The Bertz CT molecular complexity index is 668. The number of rotatable bonds is 7. The van der Waals surface area contributed by atoms with Gasteiger partial charge in [0.05, 0.1) is 6.54 Å². The molecule has 0 aliphatic rings. The first kappa shape index (κ1) is 15.7. The maximum Gasteiger partial charge on any atom is 0.276 e. The van der Waals surface area contributed by atoms with Gasteiger partial charge in [-0.05, 0) is 36.9 Å². The van der Waals surface area contributed by atoms with Crippen molar-refractivity contribution in [2.45, 2.75) is 25.1 Å². The molecule has 0 saturated carbocycles. The molecule has 2 heterocycles. The van der Waals surface area contributed by atoms with Crippen LogP contribution >= 0.6 is 0 Å². The van der Waals surface area contributed by atoms with Crippen molar-refractivity contribution >= 4 is 10.0 Å². The summed E-state index contributed by atoms with van der Waals surface area (Å²) in [6.07, 6.45) is 3.29. The summed E-state index contributed by atoms with van der Waals surface area (Å²) >= 11 is 0. The second-order valence-corrected chi connectivity index (χ2v) is 6.41. The number of pyridine rings is 1. The van der Waals surface area contributed by atoms with Crippen molar-refractivity contribution < 1.29 is 12.8 Å². The number of hydrogen-bond acceptors (Lipinski definition) is 5. The molecule has 2 rings (SSSR count). The van der Waals surface area contributed by atoms with Crippen LogP contribution in [0.15, 0.2) is 46.2 Å². The Morgan fingerprint density at radius 1 is 1.24 bits per heavy atom. The van der Waals surface area contributed by atoms with Crippen molar-refractivity contribution in [1.29, 1.82) is 0 Å². The summed E-state index contributed by atoms with van der Waals surface area (Å²) in [6, 6.07) is 6.76. The largest absolute Gasteiger partial charge is 0.447 e. The molecule has 0 aromatic carbocycles. The van der Waals surface area contributed by atoms with Crippen molar-refractivity contribution in [2.75, 3.05) is 13.6 Å². The Labute approximate surface area is 124 Å². The summed E-state index contributed by atoms with van der Waals surface area (Å²) in [7, 11) is -1.85. The number of sulfonamides is 1. The molecule has 1 N–H and O–H groups in total. The van der Waals surface area contributed by atoms with E-state index in [1.165, 1.54) is 10.4 Å². The fourth-order valence-electron chi connectivity index (χ4n) is 1.95. The summed E-state index contributed by atoms with van der Waals surface area (Å²) in [5.41, 5.74) is 0.887. The van der Waals surface area contributed by atoms with E-state index in [1.807, 2.05) is 0 Å². The Morgan fingerprint density at radius 3 is 2.57 bits per heavy atom. The highest BCUT2D eigenvalue weighted by Gasteiger charge is 2.26. The van der Waals surface area contributed by atoms with Crippen LogP contribution in [-0.2, 0) is 23.1 Å². The van der Waals surface area contributed by atoms with Crippen LogP contribution < -0.4 is 5.32 Å². The predicted molar refractivity (Wildman–Crippen MR) is 79.0 cm³/mol. The standard InChI is InChI=1S/C14H19N3O3S/c1-3-17(11-12-6-8-16-9-7-12)21(18,19)14-5-4-13(20-14)10-15-2/h4-9,15H,3,10-11H2,1-2H3. The average molecular weight is 309 g/mol. The van der Waals surface area contributed by atoms with Crippen LogP contribution in [0.5, 0.6) is 0 Å². The minimum Gasteiger partial charge on any atom is -0.447 e. The van der Waals surface area contributed by atoms with Crippen LogP contribution in [0.4, 0.5) is 0 Å². The van der Waals surface area contributed by atoms with E-state index in [4.69, 9.17) is 4.42 Å². The number of nitrogens with one attached hydrogen (secondary N) is 1. The van der Waals surface area contributed by atoms with Gasteiger partial charge in [0.1, 0.15) is 5.76 Å². The Morgan fingerprint density at radius 2 is 1.95 bits per heavy atom. The molecule has 21 heavy (non-hydrogen) atoms. The van der Waals surface area contributed by atoms with Crippen LogP contribution in [-0.4, -0.2) is 31.3 Å². The highest BCUT2D eigenvalue weighted by Crippen LogP contribution is 2.20. The van der Waals surface area contributed by atoms with Gasteiger partial charge in [0, 0.05) is 25.5 Å². The van der Waals surface area contributed by atoms with Crippen molar-refractivity contribution in [3.8, 4) is 0 Å². The molecular formula is C14H19N3O3S. The van der Waals surface area contributed by atoms with E-state index in [2.05, 4.69) is 10.3 Å². The van der Waals surface area contributed by atoms with Crippen molar-refractivity contribution in [2.24, 2.45) is 0 Å². The van der Waals surface area contributed by atoms with Gasteiger partial charge in [-0.15, -0.1) is 0 Å². The van der Waals surface area contributed by atoms with Gasteiger partial charge < -0.3 is 9.73 Å². The fourth-order valence-corrected chi connectivity index (χ4v) is 3.32. The van der Waals surface area contributed by atoms with Crippen LogP contribution in [0.3, 0.4) is 0 Å². The molecule has 0 radical (unpaired) electrons. The number of nitrogens with zero attached hydrogens (tertiary/aromatic N) is 2. The SMILES string of the molecule is CCN(Cc1ccncc1)S(=O)(=O)c1ccc(CNC)o1. The molecular weight excluding hydrogens is 290 g/mol. The molecule has 0 aliphatic carbocycles. The first-order valence-electron chi connectivity index (χ1n) is 6.70. The lowest BCUT2D eigenvalue weighted by atomic mass is 10.3. The molecule has 7 heteroatoms. The first-order chi connectivity index (χ1) is 10.1. The predicted octanol–water partition coefficient (Wildman–Crippen LogP) is 1.60. The van der Waals surface area contributed by atoms with E-state index in [1.54, 1.807) is 44.6 Å². The summed E-state index contributed by atoms with van der Waals surface area (Å²) < 4.78 is 31.9. The smallest absolute Gasteiger partial charge is 0.276 e. The van der Waals surface area contributed by atoms with E-state index in [9.17, 15) is 8.42 Å². The Hall–Kier alpha value is -1.70. The van der Waals surface area contributed by atoms with E-state index in [0.717, 1.165) is 5.56 Å². The van der Waals surface area contributed by atoms with Crippen LogP contribution in [0.25, 0.3) is 0 Å². The Balaban J connectivity index is 2.22. The minimum absolute atomic E-state index is 0.0244. The number of aromatic nitrogens is 1. The topological polar surface area (TPSA) is 75.4 Å². The van der Waals surface area contributed by atoms with Gasteiger partial charge in [0.2, 0.25) is 5.09 Å². The zero-order valence-corrected chi connectivity index (χ0v) is 12.9. The monoisotopic (exact) mass is 309 g/mol. The minimum atomic E-state index is -3.63. The third-order valence-corrected chi connectivity index (χ3v) is 4.84. The third-order valence-electron chi connectivity index (χ3n) is 3.04. The van der Waals surface area contributed by atoms with Crippen LogP contribution in [0, 0.1) is 0 Å². The lowest BCUT2D eigenvalue weighted by molar-refractivity contribution is 0.368. The molecule has 0 fully saturated rings. The van der Waals surface area contributed by atoms with Crippen LogP contribution in [0.2, 0.25) is 0 Å². The van der Waals surface area contributed by atoms with Gasteiger partial charge in [-0.25, -0.2) is 8.42 Å². The Kier molecular flexibility index (Phi) is 5.11. The van der Waals surface area contributed by atoms with Gasteiger partial charge >= 0.3 is 0 Å². The quantitative estimate of drug-likeness (QED) is 0.841. The zero-order chi connectivity index (χ0) is 15.3. The molecule has 0 spiro atoms. The highest BCUT2D eigenvalue weighted by atomic mass is 32.2. The third kappa shape index (κ3) is 3.69. The van der Waals surface area contributed by atoms with Gasteiger partial charge in [-0.2, -0.15) is 4.31 Å². The summed E-state index contributed by atoms with van der Waals surface area (Å²) in [6.45, 7) is 2.96. The molecule has 2 aromatic rings. The lowest BCUT2D eigenvalue weighted by Gasteiger charge is -2.18. The second-order valence-electron chi connectivity index (χ2n) is 4.54. The van der Waals surface area contributed by atoms with Gasteiger partial charge in [0.25, 0.3) is 10.0 Å². The van der Waals surface area contributed by atoms with E-state index >= 15 is 0 Å². The van der Waals surface area contributed by atoms with Gasteiger partial charge in [-0.1, -0.05) is 6.92 Å². The molecule has 0 atom stereocenters. The molecule has 6 nitrogen and oxygen atoms in total. The normalized spacial score (nSPS) is 12.0. The second kappa shape index (κ2) is 6.84. The number of hydrogen-bond donors (Lipinski definition) is 1. The molecule has 0 unspecified atom stereocenters. The van der Waals surface area contributed by atoms with Crippen LogP contribution in [0.1, 0.15) is 18.2 Å². The molecule has 2 aromatic heterocycles. The highest BCUT2D eigenvalue weighted by molar-refractivity contribution is 7.89. The van der Waals surface area contributed by atoms with Gasteiger partial charge in [0.15, 0.2) is 0 Å². The van der Waals surface area contributed by atoms with Crippen molar-refractivity contribution in [1.82, 2.24) is 14.6 Å². The fraction of sp³-hybridized carbons (Fsp3) is 0.357. The number of furan rings is 1. The summed E-state index contributed by atoms with van der Waals surface area (Å²) in [5, 5.41) is 2.90. The van der Waals surface area contributed by atoms with E-state index < -0.39 is 10.0 Å². The molecule has 0 bridgehead atoms. The maximum atomic E-state index is 12.6. The van der Waals surface area contributed by atoms with Gasteiger partial charge in [-0.3, -0.25) is 4.98 Å². The molecule has 0 amide bonds. The molecule has 114 valence electrons. The molecule has 0 saturated heterocycles. The lowest BCUT2D eigenvalue weighted by Crippen LogP contribution is -2.30. The summed E-state index contributed by atoms with van der Waals surface area (Å²) in [4.78, 5) is 3.93.